The SMILES string of the molecule is O=C(NCc1cccs1)[C@H]1CCCN(c2ccc(-c3ccccc3)nn2)C1. The Morgan fingerprint density at radius 2 is 2.00 bits per heavy atom. The normalized spacial score (nSPS) is 16.9. The predicted octanol–water partition coefficient (Wildman–Crippen LogP) is 3.74. The minimum atomic E-state index is -0.00527. The molecule has 0 spiro atoms. The van der Waals surface area contributed by atoms with Gasteiger partial charge < -0.3 is 10.2 Å². The Hall–Kier alpha value is -2.73. The summed E-state index contributed by atoms with van der Waals surface area (Å²) in [5.74, 6) is 0.960. The van der Waals surface area contributed by atoms with Crippen LogP contribution in [0.15, 0.2) is 60.0 Å². The molecule has 1 fully saturated rings. The van der Waals surface area contributed by atoms with E-state index >= 15 is 0 Å². The van der Waals surface area contributed by atoms with E-state index < -0.39 is 0 Å². The highest BCUT2D eigenvalue weighted by Gasteiger charge is 2.26. The molecule has 1 atom stereocenters. The van der Waals surface area contributed by atoms with E-state index in [9.17, 15) is 4.79 Å². The van der Waals surface area contributed by atoms with E-state index in [1.54, 1.807) is 11.3 Å². The largest absolute Gasteiger partial charge is 0.354 e. The van der Waals surface area contributed by atoms with Gasteiger partial charge >= 0.3 is 0 Å². The zero-order chi connectivity index (χ0) is 18.5. The third kappa shape index (κ3) is 4.34. The molecule has 0 unspecified atom stereocenters. The van der Waals surface area contributed by atoms with Gasteiger partial charge in [0.25, 0.3) is 0 Å². The van der Waals surface area contributed by atoms with Crippen molar-refractivity contribution >= 4 is 23.1 Å². The van der Waals surface area contributed by atoms with E-state index in [2.05, 4.69) is 20.4 Å². The van der Waals surface area contributed by atoms with Gasteiger partial charge in [0.1, 0.15) is 0 Å². The average molecular weight is 379 g/mol. The van der Waals surface area contributed by atoms with Crippen molar-refractivity contribution in [2.75, 3.05) is 18.0 Å². The number of hydrogen-bond donors (Lipinski definition) is 1. The maximum absolute atomic E-state index is 12.5. The summed E-state index contributed by atoms with van der Waals surface area (Å²) in [6, 6.07) is 18.1. The minimum Gasteiger partial charge on any atom is -0.354 e. The monoisotopic (exact) mass is 378 g/mol. The maximum atomic E-state index is 12.5. The van der Waals surface area contributed by atoms with Crippen molar-refractivity contribution in [3.8, 4) is 11.3 Å². The first kappa shape index (κ1) is 17.7. The molecule has 27 heavy (non-hydrogen) atoms. The maximum Gasteiger partial charge on any atom is 0.225 e. The molecule has 1 aromatic carbocycles. The summed E-state index contributed by atoms with van der Waals surface area (Å²) in [5.41, 5.74) is 1.92. The van der Waals surface area contributed by atoms with Gasteiger partial charge in [-0.25, -0.2) is 0 Å². The lowest BCUT2D eigenvalue weighted by Crippen LogP contribution is -2.43. The quantitative estimate of drug-likeness (QED) is 0.735. The number of thiophene rings is 1. The topological polar surface area (TPSA) is 58.1 Å². The van der Waals surface area contributed by atoms with Crippen molar-refractivity contribution in [1.82, 2.24) is 15.5 Å². The number of nitrogens with one attached hydrogen (secondary N) is 1. The molecule has 0 saturated carbocycles. The fourth-order valence-corrected chi connectivity index (χ4v) is 4.03. The first-order valence-corrected chi connectivity index (χ1v) is 10.1. The van der Waals surface area contributed by atoms with Crippen LogP contribution in [0.1, 0.15) is 17.7 Å². The lowest BCUT2D eigenvalue weighted by Gasteiger charge is -2.32. The Labute approximate surface area is 163 Å². The second-order valence-electron chi connectivity index (χ2n) is 6.73. The Morgan fingerprint density at radius 1 is 1.11 bits per heavy atom. The molecule has 1 aliphatic heterocycles. The van der Waals surface area contributed by atoms with Crippen molar-refractivity contribution in [1.29, 1.82) is 0 Å². The standard InChI is InChI=1S/C21H22N4OS/c26-21(22-14-18-9-5-13-27-18)17-8-4-12-25(15-17)20-11-10-19(23-24-20)16-6-2-1-3-7-16/h1-3,5-7,9-11,13,17H,4,8,12,14-15H2,(H,22,26)/t17-/m0/s1. The molecule has 0 aliphatic carbocycles. The Balaban J connectivity index is 1.38. The number of nitrogens with zero attached hydrogens (tertiary/aromatic N) is 3. The van der Waals surface area contributed by atoms with Crippen LogP contribution >= 0.6 is 11.3 Å². The minimum absolute atomic E-state index is 0.00527. The smallest absolute Gasteiger partial charge is 0.225 e. The Kier molecular flexibility index (Phi) is 5.44. The molecule has 3 heterocycles. The first-order valence-electron chi connectivity index (χ1n) is 9.24. The summed E-state index contributed by atoms with van der Waals surface area (Å²) in [6.45, 7) is 2.21. The highest BCUT2D eigenvalue weighted by atomic mass is 32.1. The summed E-state index contributed by atoms with van der Waals surface area (Å²) in [6.07, 6.45) is 1.90. The van der Waals surface area contributed by atoms with Crippen LogP contribution in [0.5, 0.6) is 0 Å². The van der Waals surface area contributed by atoms with Crippen LogP contribution in [-0.2, 0) is 11.3 Å². The van der Waals surface area contributed by atoms with E-state index in [-0.39, 0.29) is 11.8 Å². The summed E-state index contributed by atoms with van der Waals surface area (Å²) in [5, 5.41) is 13.9. The van der Waals surface area contributed by atoms with Gasteiger partial charge in [0.2, 0.25) is 5.91 Å². The van der Waals surface area contributed by atoms with Gasteiger partial charge in [-0.05, 0) is 36.4 Å². The number of rotatable bonds is 5. The number of piperidine rings is 1. The van der Waals surface area contributed by atoms with Crippen molar-refractivity contribution in [3.05, 3.63) is 64.9 Å². The fourth-order valence-electron chi connectivity index (χ4n) is 3.39. The molecule has 5 nitrogen and oxygen atoms in total. The van der Waals surface area contributed by atoms with E-state index in [0.717, 1.165) is 36.5 Å². The van der Waals surface area contributed by atoms with Gasteiger partial charge in [-0.2, -0.15) is 0 Å². The molecule has 0 radical (unpaired) electrons. The molecule has 0 bridgehead atoms. The van der Waals surface area contributed by atoms with Gasteiger partial charge in [-0.15, -0.1) is 21.5 Å². The molecule has 4 rings (SSSR count). The zero-order valence-corrected chi connectivity index (χ0v) is 15.9. The highest BCUT2D eigenvalue weighted by Crippen LogP contribution is 2.23. The molecule has 6 heteroatoms. The van der Waals surface area contributed by atoms with Gasteiger partial charge in [0.05, 0.1) is 18.2 Å². The number of anilines is 1. The number of carbonyl (C=O) groups excluding carboxylic acids is 1. The van der Waals surface area contributed by atoms with Crippen LogP contribution in [0, 0.1) is 5.92 Å². The number of aromatic nitrogens is 2. The Bertz CT molecular complexity index is 865. The summed E-state index contributed by atoms with van der Waals surface area (Å²) in [4.78, 5) is 15.9. The number of benzene rings is 1. The molecule has 138 valence electrons. The van der Waals surface area contributed by atoms with Crippen LogP contribution < -0.4 is 10.2 Å². The lowest BCUT2D eigenvalue weighted by molar-refractivity contribution is -0.125. The second kappa shape index (κ2) is 8.31. The summed E-state index contributed by atoms with van der Waals surface area (Å²) >= 11 is 1.67. The lowest BCUT2D eigenvalue weighted by atomic mass is 9.97. The molecule has 2 aromatic heterocycles. The fraction of sp³-hybridized carbons (Fsp3) is 0.286. The highest BCUT2D eigenvalue weighted by molar-refractivity contribution is 7.09. The predicted molar refractivity (Wildman–Crippen MR) is 109 cm³/mol. The molecule has 1 aliphatic rings. The van der Waals surface area contributed by atoms with Gasteiger partial charge in [0.15, 0.2) is 5.82 Å². The number of carbonyl (C=O) groups is 1. The van der Waals surface area contributed by atoms with Crippen LogP contribution in [-0.4, -0.2) is 29.2 Å². The van der Waals surface area contributed by atoms with Crippen molar-refractivity contribution < 1.29 is 4.79 Å². The molecular formula is C21H22N4OS. The van der Waals surface area contributed by atoms with Gasteiger partial charge in [-0.3, -0.25) is 4.79 Å². The molecule has 1 N–H and O–H groups in total. The molecule has 1 saturated heterocycles. The van der Waals surface area contributed by atoms with E-state index in [0.29, 0.717) is 13.1 Å². The van der Waals surface area contributed by atoms with Gasteiger partial charge in [-0.1, -0.05) is 36.4 Å². The van der Waals surface area contributed by atoms with E-state index in [1.807, 2.05) is 60.0 Å². The number of amides is 1. The van der Waals surface area contributed by atoms with Crippen LogP contribution in [0.3, 0.4) is 0 Å². The number of hydrogen-bond acceptors (Lipinski definition) is 5. The third-order valence-corrected chi connectivity index (χ3v) is 5.73. The first-order chi connectivity index (χ1) is 13.3. The van der Waals surface area contributed by atoms with Crippen LogP contribution in [0.4, 0.5) is 5.82 Å². The molecule has 3 aromatic rings. The van der Waals surface area contributed by atoms with Gasteiger partial charge in [0, 0.05) is 23.5 Å². The average Bonchev–Trinajstić information content (AvgIpc) is 3.27. The molecular weight excluding hydrogens is 356 g/mol. The van der Waals surface area contributed by atoms with Crippen molar-refractivity contribution in [2.24, 2.45) is 5.92 Å². The van der Waals surface area contributed by atoms with Crippen LogP contribution in [0.2, 0.25) is 0 Å². The third-order valence-electron chi connectivity index (χ3n) is 4.85. The van der Waals surface area contributed by atoms with Crippen molar-refractivity contribution in [3.63, 3.8) is 0 Å². The second-order valence-corrected chi connectivity index (χ2v) is 7.76. The summed E-state index contributed by atoms with van der Waals surface area (Å²) in [7, 11) is 0. The van der Waals surface area contributed by atoms with Crippen LogP contribution in [0.25, 0.3) is 11.3 Å². The zero-order valence-electron chi connectivity index (χ0n) is 15.0. The Morgan fingerprint density at radius 3 is 2.74 bits per heavy atom. The summed E-state index contributed by atoms with van der Waals surface area (Å²) < 4.78 is 0. The molecule has 1 amide bonds. The van der Waals surface area contributed by atoms with E-state index in [4.69, 9.17) is 0 Å². The van der Waals surface area contributed by atoms with Crippen molar-refractivity contribution in [2.45, 2.75) is 19.4 Å². The van der Waals surface area contributed by atoms with E-state index in [1.165, 1.54) is 4.88 Å².